The summed E-state index contributed by atoms with van der Waals surface area (Å²) in [6, 6.07) is 1.28. The van der Waals surface area contributed by atoms with Crippen molar-refractivity contribution in [1.82, 2.24) is 15.1 Å². The third kappa shape index (κ3) is 3.32. The van der Waals surface area contributed by atoms with E-state index in [0.29, 0.717) is 6.04 Å². The monoisotopic (exact) mass is 282 g/mol. The van der Waals surface area contributed by atoms with Crippen LogP contribution in [0, 0.1) is 0 Å². The van der Waals surface area contributed by atoms with Crippen LogP contribution < -0.4 is 11.1 Å². The smallest absolute Gasteiger partial charge is 0.237 e. The molecule has 0 saturated carbocycles. The van der Waals surface area contributed by atoms with E-state index in [1.54, 1.807) is 0 Å². The molecule has 0 aromatic rings. The lowest BCUT2D eigenvalue weighted by Crippen LogP contribution is -2.60. The molecule has 5 heteroatoms. The number of piperazine rings is 1. The van der Waals surface area contributed by atoms with Crippen molar-refractivity contribution in [1.29, 1.82) is 0 Å². The Morgan fingerprint density at radius 2 is 2.15 bits per heavy atom. The van der Waals surface area contributed by atoms with Crippen molar-refractivity contribution in [2.24, 2.45) is 5.73 Å². The highest BCUT2D eigenvalue weighted by atomic mass is 16.1. The van der Waals surface area contributed by atoms with E-state index in [1.165, 1.54) is 25.8 Å². The summed E-state index contributed by atoms with van der Waals surface area (Å²) in [6.07, 6.45) is 4.81. The second-order valence-corrected chi connectivity index (χ2v) is 6.68. The van der Waals surface area contributed by atoms with E-state index in [-0.39, 0.29) is 5.91 Å². The summed E-state index contributed by atoms with van der Waals surface area (Å²) in [4.78, 5) is 16.7. The van der Waals surface area contributed by atoms with E-state index in [4.69, 9.17) is 5.73 Å². The third-order valence-corrected chi connectivity index (χ3v) is 5.31. The second kappa shape index (κ2) is 6.41. The Morgan fingerprint density at radius 3 is 2.80 bits per heavy atom. The molecule has 2 rings (SSSR count). The van der Waals surface area contributed by atoms with Crippen molar-refractivity contribution in [3.8, 4) is 0 Å². The maximum absolute atomic E-state index is 11.6. The summed E-state index contributed by atoms with van der Waals surface area (Å²) in [7, 11) is 1.81. The number of piperidine rings is 1. The van der Waals surface area contributed by atoms with Gasteiger partial charge in [0.25, 0.3) is 0 Å². The summed E-state index contributed by atoms with van der Waals surface area (Å²) in [5, 5.41) is 3.08. The third-order valence-electron chi connectivity index (χ3n) is 5.31. The van der Waals surface area contributed by atoms with Gasteiger partial charge in [-0.15, -0.1) is 0 Å². The molecule has 2 saturated heterocycles. The largest absolute Gasteiger partial charge is 0.368 e. The molecular weight excluding hydrogens is 252 g/mol. The second-order valence-electron chi connectivity index (χ2n) is 6.68. The van der Waals surface area contributed by atoms with Crippen LogP contribution in [0.5, 0.6) is 0 Å². The first-order valence-corrected chi connectivity index (χ1v) is 7.93. The number of hydrogen-bond acceptors (Lipinski definition) is 4. The van der Waals surface area contributed by atoms with E-state index >= 15 is 0 Å². The Kier molecular flexibility index (Phi) is 5.04. The molecule has 2 aliphatic heterocycles. The molecule has 5 nitrogen and oxygen atoms in total. The Labute approximate surface area is 122 Å². The summed E-state index contributed by atoms with van der Waals surface area (Å²) in [5.41, 5.74) is 4.92. The average Bonchev–Trinajstić information content (AvgIpc) is 2.44. The standard InChI is InChI=1S/C15H30N4O/c1-12-10-19-8-5-4-6-13(19)11-18(12)9-7-15(2,17-3)14(16)20/h12-13,17H,4-11H2,1-3H3,(H2,16,20). The van der Waals surface area contributed by atoms with Gasteiger partial charge in [0, 0.05) is 31.7 Å². The number of primary amides is 1. The molecular formula is C15H30N4O. The molecule has 0 spiro atoms. The first-order valence-electron chi connectivity index (χ1n) is 7.93. The lowest BCUT2D eigenvalue weighted by atomic mass is 9.94. The molecule has 20 heavy (non-hydrogen) atoms. The number of nitrogens with one attached hydrogen (secondary N) is 1. The lowest BCUT2D eigenvalue weighted by Gasteiger charge is -2.48. The zero-order valence-electron chi connectivity index (χ0n) is 13.2. The zero-order valence-corrected chi connectivity index (χ0v) is 13.2. The van der Waals surface area contributed by atoms with Gasteiger partial charge in [0.1, 0.15) is 0 Å². The van der Waals surface area contributed by atoms with Crippen molar-refractivity contribution in [3.05, 3.63) is 0 Å². The van der Waals surface area contributed by atoms with Gasteiger partial charge in [-0.3, -0.25) is 14.6 Å². The molecule has 0 radical (unpaired) electrons. The Hall–Kier alpha value is -0.650. The number of likely N-dealkylation sites (N-methyl/N-ethyl adjacent to an activating group) is 1. The maximum Gasteiger partial charge on any atom is 0.237 e. The summed E-state index contributed by atoms with van der Waals surface area (Å²) in [5.74, 6) is -0.260. The van der Waals surface area contributed by atoms with Gasteiger partial charge < -0.3 is 11.1 Å². The van der Waals surface area contributed by atoms with Gasteiger partial charge >= 0.3 is 0 Å². The number of rotatable bonds is 5. The van der Waals surface area contributed by atoms with Crippen LogP contribution in [0.1, 0.15) is 39.5 Å². The molecule has 0 bridgehead atoms. The number of amides is 1. The van der Waals surface area contributed by atoms with Gasteiger partial charge in [-0.1, -0.05) is 6.42 Å². The summed E-state index contributed by atoms with van der Waals surface area (Å²) >= 11 is 0. The van der Waals surface area contributed by atoms with Gasteiger partial charge in [-0.05, 0) is 46.7 Å². The topological polar surface area (TPSA) is 61.6 Å². The van der Waals surface area contributed by atoms with Gasteiger partial charge in [0.15, 0.2) is 0 Å². The maximum atomic E-state index is 11.6. The molecule has 0 aromatic heterocycles. The molecule has 3 atom stereocenters. The van der Waals surface area contributed by atoms with Crippen molar-refractivity contribution < 1.29 is 4.79 Å². The van der Waals surface area contributed by atoms with Gasteiger partial charge in [-0.2, -0.15) is 0 Å². The Morgan fingerprint density at radius 1 is 1.40 bits per heavy atom. The lowest BCUT2D eigenvalue weighted by molar-refractivity contribution is -0.124. The van der Waals surface area contributed by atoms with E-state index in [9.17, 15) is 4.79 Å². The first-order chi connectivity index (χ1) is 9.46. The van der Waals surface area contributed by atoms with Gasteiger partial charge in [0.05, 0.1) is 5.54 Å². The minimum atomic E-state index is -0.594. The highest BCUT2D eigenvalue weighted by molar-refractivity contribution is 5.84. The highest BCUT2D eigenvalue weighted by Crippen LogP contribution is 2.24. The van der Waals surface area contributed by atoms with Crippen LogP contribution in [0.4, 0.5) is 0 Å². The van der Waals surface area contributed by atoms with Crippen molar-refractivity contribution in [2.45, 2.75) is 57.2 Å². The zero-order chi connectivity index (χ0) is 14.8. The SMILES string of the molecule is CNC(C)(CCN1CC2CCCCN2CC1C)C(N)=O. The average molecular weight is 282 g/mol. The highest BCUT2D eigenvalue weighted by Gasteiger charge is 2.35. The molecule has 3 unspecified atom stereocenters. The van der Waals surface area contributed by atoms with Crippen LogP contribution in [0.25, 0.3) is 0 Å². The van der Waals surface area contributed by atoms with E-state index < -0.39 is 5.54 Å². The molecule has 3 N–H and O–H groups in total. The van der Waals surface area contributed by atoms with Crippen LogP contribution in [-0.2, 0) is 4.79 Å². The molecule has 2 fully saturated rings. The number of carbonyl (C=O) groups excluding carboxylic acids is 1. The van der Waals surface area contributed by atoms with Gasteiger partial charge in [-0.25, -0.2) is 0 Å². The quantitative estimate of drug-likeness (QED) is 0.766. The van der Waals surface area contributed by atoms with E-state index in [0.717, 1.165) is 32.1 Å². The molecule has 1 amide bonds. The predicted octanol–water partition coefficient (Wildman–Crippen LogP) is 0.399. The molecule has 2 aliphatic rings. The number of carbonyl (C=O) groups is 1. The minimum absolute atomic E-state index is 0.260. The fourth-order valence-electron chi connectivity index (χ4n) is 3.46. The fourth-order valence-corrected chi connectivity index (χ4v) is 3.46. The van der Waals surface area contributed by atoms with Gasteiger partial charge in [0.2, 0.25) is 5.91 Å². The number of hydrogen-bond donors (Lipinski definition) is 2. The number of nitrogens with two attached hydrogens (primary N) is 1. The van der Waals surface area contributed by atoms with Crippen molar-refractivity contribution >= 4 is 5.91 Å². The molecule has 116 valence electrons. The van der Waals surface area contributed by atoms with E-state index in [2.05, 4.69) is 22.0 Å². The van der Waals surface area contributed by atoms with E-state index in [1.807, 2.05) is 14.0 Å². The Balaban J connectivity index is 1.90. The van der Waals surface area contributed by atoms with Crippen LogP contribution in [0.15, 0.2) is 0 Å². The number of nitrogens with zero attached hydrogens (tertiary/aromatic N) is 2. The van der Waals surface area contributed by atoms with Crippen LogP contribution >= 0.6 is 0 Å². The fraction of sp³-hybridized carbons (Fsp3) is 0.933. The van der Waals surface area contributed by atoms with Crippen molar-refractivity contribution in [3.63, 3.8) is 0 Å². The van der Waals surface area contributed by atoms with Crippen LogP contribution in [0.2, 0.25) is 0 Å². The predicted molar refractivity (Wildman–Crippen MR) is 81.5 cm³/mol. The molecule has 2 heterocycles. The van der Waals surface area contributed by atoms with Crippen molar-refractivity contribution in [2.75, 3.05) is 33.2 Å². The van der Waals surface area contributed by atoms with Crippen LogP contribution in [0.3, 0.4) is 0 Å². The normalized spacial score (nSPS) is 31.6. The first kappa shape index (κ1) is 15.7. The van der Waals surface area contributed by atoms with Crippen LogP contribution in [-0.4, -0.2) is 66.6 Å². The summed E-state index contributed by atoms with van der Waals surface area (Å²) in [6.45, 7) is 8.70. The molecule has 0 aromatic carbocycles. The summed E-state index contributed by atoms with van der Waals surface area (Å²) < 4.78 is 0. The molecule has 0 aliphatic carbocycles. The Bertz CT molecular complexity index is 349. The minimum Gasteiger partial charge on any atom is -0.368 e. The number of fused-ring (bicyclic) bond motifs is 1.